The molecule has 4 aromatic rings. The van der Waals surface area contributed by atoms with Crippen molar-refractivity contribution in [2.45, 2.75) is 13.5 Å². The molecule has 0 fully saturated rings. The molecule has 0 atom stereocenters. The molecule has 2 amide bonds. The Labute approximate surface area is 198 Å². The molecule has 0 unspecified atom stereocenters. The largest absolute Gasteiger partial charge is 0.483 e. The van der Waals surface area contributed by atoms with Gasteiger partial charge in [-0.1, -0.05) is 41.6 Å². The van der Waals surface area contributed by atoms with Gasteiger partial charge < -0.3 is 30.0 Å². The van der Waals surface area contributed by atoms with E-state index >= 15 is 0 Å². The zero-order valence-electron chi connectivity index (χ0n) is 18.6. The average Bonchev–Trinajstić information content (AvgIpc) is 3.47. The summed E-state index contributed by atoms with van der Waals surface area (Å²) in [5.74, 6) is -0.781. The summed E-state index contributed by atoms with van der Waals surface area (Å²) in [6.45, 7) is 1.78. The van der Waals surface area contributed by atoms with Gasteiger partial charge in [-0.2, -0.15) is 9.67 Å². The maximum Gasteiger partial charge on any atom is 0.390 e. The zero-order valence-corrected chi connectivity index (χ0v) is 18.6. The lowest BCUT2D eigenvalue weighted by molar-refractivity contribution is -0.389. The summed E-state index contributed by atoms with van der Waals surface area (Å²) in [4.78, 5) is 38.5. The number of benzene rings is 2. The summed E-state index contributed by atoms with van der Waals surface area (Å²) in [6.07, 6.45) is 0. The Hall–Kier alpha value is -4.81. The molecule has 13 nitrogen and oxygen atoms in total. The number of carbonyl (C=O) groups excluding carboxylic acids is 2. The van der Waals surface area contributed by atoms with Crippen LogP contribution in [0.4, 0.5) is 5.82 Å². The summed E-state index contributed by atoms with van der Waals surface area (Å²) < 4.78 is 11.9. The van der Waals surface area contributed by atoms with Gasteiger partial charge in [0.2, 0.25) is 0 Å². The van der Waals surface area contributed by atoms with Gasteiger partial charge in [-0.15, -0.1) is 0 Å². The van der Waals surface area contributed by atoms with Gasteiger partial charge in [-0.25, -0.2) is 0 Å². The standard InChI is InChI=1S/C22H21N7O6/c1-14-11-19(29(32)33)26-28(14)12-18-25-22(35-27-18)21(31)24-10-9-23-20(30)13-34-17-8-4-6-15-5-2-3-7-16(15)17/h2-8,11H,9-10,12-13H2,1H3,(H,23,30)(H,24,31). The number of amides is 2. The highest BCUT2D eigenvalue weighted by molar-refractivity contribution is 5.89. The predicted octanol–water partition coefficient (Wildman–Crippen LogP) is 1.61. The van der Waals surface area contributed by atoms with Gasteiger partial charge in [-0.3, -0.25) is 9.59 Å². The summed E-state index contributed by atoms with van der Waals surface area (Å²) in [5.41, 5.74) is 0.535. The van der Waals surface area contributed by atoms with Gasteiger partial charge in [0.1, 0.15) is 12.3 Å². The minimum absolute atomic E-state index is 0.00319. The van der Waals surface area contributed by atoms with E-state index in [-0.39, 0.29) is 49.7 Å². The molecule has 0 aliphatic heterocycles. The van der Waals surface area contributed by atoms with E-state index in [0.717, 1.165) is 10.8 Å². The fraction of sp³-hybridized carbons (Fsp3) is 0.227. The van der Waals surface area contributed by atoms with Crippen molar-refractivity contribution in [2.24, 2.45) is 0 Å². The molecule has 2 N–H and O–H groups in total. The topological polar surface area (TPSA) is 167 Å². The molecule has 180 valence electrons. The van der Waals surface area contributed by atoms with E-state index < -0.39 is 10.8 Å². The third-order valence-electron chi connectivity index (χ3n) is 4.95. The highest BCUT2D eigenvalue weighted by Crippen LogP contribution is 2.24. The molecular formula is C22H21N7O6. The molecule has 0 spiro atoms. The van der Waals surface area contributed by atoms with Crippen LogP contribution in [0.15, 0.2) is 53.1 Å². The number of nitrogens with one attached hydrogen (secondary N) is 2. The first kappa shape index (κ1) is 23.4. The summed E-state index contributed by atoms with van der Waals surface area (Å²) in [5, 5.41) is 25.5. The third-order valence-corrected chi connectivity index (χ3v) is 4.95. The fourth-order valence-corrected chi connectivity index (χ4v) is 3.26. The molecule has 2 heterocycles. The first-order chi connectivity index (χ1) is 16.9. The van der Waals surface area contributed by atoms with Crippen molar-refractivity contribution in [3.8, 4) is 5.75 Å². The quantitative estimate of drug-likeness (QED) is 0.195. The van der Waals surface area contributed by atoms with Crippen LogP contribution in [-0.4, -0.2) is 56.4 Å². The van der Waals surface area contributed by atoms with Crippen LogP contribution in [0, 0.1) is 17.0 Å². The third kappa shape index (κ3) is 5.76. The second-order valence-electron chi connectivity index (χ2n) is 7.45. The van der Waals surface area contributed by atoms with Crippen LogP contribution in [0.25, 0.3) is 10.8 Å². The van der Waals surface area contributed by atoms with Gasteiger partial charge in [0.25, 0.3) is 5.91 Å². The molecule has 0 saturated heterocycles. The van der Waals surface area contributed by atoms with Gasteiger partial charge in [0.05, 0.1) is 16.9 Å². The van der Waals surface area contributed by atoms with Crippen LogP contribution < -0.4 is 15.4 Å². The summed E-state index contributed by atoms with van der Waals surface area (Å²) in [7, 11) is 0. The summed E-state index contributed by atoms with van der Waals surface area (Å²) in [6, 6.07) is 14.6. The van der Waals surface area contributed by atoms with Crippen molar-refractivity contribution in [2.75, 3.05) is 19.7 Å². The molecule has 35 heavy (non-hydrogen) atoms. The van der Waals surface area contributed by atoms with Crippen LogP contribution in [0.1, 0.15) is 22.2 Å². The minimum atomic E-state index is -0.617. The molecule has 0 saturated carbocycles. The van der Waals surface area contributed by atoms with Gasteiger partial charge in [-0.05, 0) is 23.3 Å². The van der Waals surface area contributed by atoms with Crippen molar-refractivity contribution in [3.63, 3.8) is 0 Å². The van der Waals surface area contributed by atoms with Gasteiger partial charge >= 0.3 is 17.6 Å². The Morgan fingerprint density at radius 1 is 1.14 bits per heavy atom. The fourth-order valence-electron chi connectivity index (χ4n) is 3.26. The highest BCUT2D eigenvalue weighted by Gasteiger charge is 2.19. The van der Waals surface area contributed by atoms with E-state index in [0.29, 0.717) is 11.4 Å². The van der Waals surface area contributed by atoms with E-state index in [1.54, 1.807) is 13.0 Å². The van der Waals surface area contributed by atoms with Crippen molar-refractivity contribution in [3.05, 3.63) is 76.1 Å². The molecular weight excluding hydrogens is 458 g/mol. The SMILES string of the molecule is Cc1cc([N+](=O)[O-])nn1Cc1noc(C(=O)NCCNC(=O)COc2cccc3ccccc23)n1. The van der Waals surface area contributed by atoms with Crippen molar-refractivity contribution >= 4 is 28.4 Å². The Morgan fingerprint density at radius 3 is 2.71 bits per heavy atom. The van der Waals surface area contributed by atoms with Crippen LogP contribution in [0.3, 0.4) is 0 Å². The Kier molecular flexibility index (Phi) is 6.95. The Morgan fingerprint density at radius 2 is 1.91 bits per heavy atom. The monoisotopic (exact) mass is 479 g/mol. The van der Waals surface area contributed by atoms with E-state index in [9.17, 15) is 19.7 Å². The number of aromatic nitrogens is 4. The number of hydrogen-bond donors (Lipinski definition) is 2. The number of carbonyl (C=O) groups is 2. The Bertz CT molecular complexity index is 1370. The Balaban J connectivity index is 1.20. The number of nitro groups is 1. The molecule has 0 bridgehead atoms. The van der Waals surface area contributed by atoms with Crippen LogP contribution >= 0.6 is 0 Å². The lowest BCUT2D eigenvalue weighted by Gasteiger charge is -2.10. The van der Waals surface area contributed by atoms with Crippen molar-refractivity contribution < 1.29 is 23.8 Å². The van der Waals surface area contributed by atoms with E-state index in [1.807, 2.05) is 36.4 Å². The van der Waals surface area contributed by atoms with Crippen molar-refractivity contribution in [1.29, 1.82) is 0 Å². The molecule has 0 aliphatic carbocycles. The molecule has 4 rings (SSSR count). The minimum Gasteiger partial charge on any atom is -0.483 e. The van der Waals surface area contributed by atoms with Crippen LogP contribution in [-0.2, 0) is 11.3 Å². The highest BCUT2D eigenvalue weighted by atomic mass is 16.6. The van der Waals surface area contributed by atoms with Crippen molar-refractivity contribution in [1.82, 2.24) is 30.6 Å². The molecule has 2 aromatic heterocycles. The van der Waals surface area contributed by atoms with Gasteiger partial charge in [0.15, 0.2) is 12.4 Å². The smallest absolute Gasteiger partial charge is 0.390 e. The zero-order chi connectivity index (χ0) is 24.8. The maximum absolute atomic E-state index is 12.2. The number of ether oxygens (including phenoxy) is 1. The molecule has 2 aromatic carbocycles. The number of aryl methyl sites for hydroxylation is 1. The van der Waals surface area contributed by atoms with Crippen LogP contribution in [0.2, 0.25) is 0 Å². The lowest BCUT2D eigenvalue weighted by atomic mass is 10.1. The van der Waals surface area contributed by atoms with E-state index in [1.165, 1.54) is 10.7 Å². The van der Waals surface area contributed by atoms with E-state index in [4.69, 9.17) is 9.26 Å². The van der Waals surface area contributed by atoms with E-state index in [2.05, 4.69) is 25.9 Å². The number of rotatable bonds is 10. The predicted molar refractivity (Wildman–Crippen MR) is 122 cm³/mol. The molecule has 0 aliphatic rings. The molecule has 13 heteroatoms. The summed E-state index contributed by atoms with van der Waals surface area (Å²) >= 11 is 0. The lowest BCUT2D eigenvalue weighted by Crippen LogP contribution is -2.36. The first-order valence-corrected chi connectivity index (χ1v) is 10.6. The second kappa shape index (κ2) is 10.4. The first-order valence-electron chi connectivity index (χ1n) is 10.6. The van der Waals surface area contributed by atoms with Gasteiger partial charge in [0, 0.05) is 18.5 Å². The second-order valence-corrected chi connectivity index (χ2v) is 7.45. The number of fused-ring (bicyclic) bond motifs is 1. The average molecular weight is 479 g/mol. The number of nitrogens with zero attached hydrogens (tertiary/aromatic N) is 5. The molecule has 0 radical (unpaired) electrons. The number of hydrogen-bond acceptors (Lipinski definition) is 9. The maximum atomic E-state index is 12.2. The normalized spacial score (nSPS) is 10.8. The van der Waals surface area contributed by atoms with Crippen LogP contribution in [0.5, 0.6) is 5.75 Å².